The van der Waals surface area contributed by atoms with E-state index in [1.165, 1.54) is 44.2 Å². The van der Waals surface area contributed by atoms with Crippen molar-refractivity contribution in [2.45, 2.75) is 69.6 Å². The molecule has 3 saturated heterocycles. The number of β-amino-alcohol motifs (C(OH)–C–C–N with tert-alkyl or cyclic N) is 1. The molecule has 5 atom stereocenters. The Kier molecular flexibility index (Phi) is 8.60. The van der Waals surface area contributed by atoms with E-state index in [9.17, 15) is 10.2 Å². The molecule has 2 aromatic carbocycles. The molecule has 2 N–H and O–H groups in total. The van der Waals surface area contributed by atoms with Crippen molar-refractivity contribution in [1.82, 2.24) is 19.9 Å². The van der Waals surface area contributed by atoms with Gasteiger partial charge in [0.05, 0.1) is 39.6 Å². The highest BCUT2D eigenvalue weighted by Crippen LogP contribution is 2.56. The number of hydrogen-bond acceptors (Lipinski definition) is 11. The van der Waals surface area contributed by atoms with Crippen molar-refractivity contribution >= 4 is 27.5 Å². The first-order chi connectivity index (χ1) is 25.3. The molecular formula is C39H45F2N5O6. The zero-order valence-corrected chi connectivity index (χ0v) is 29.5. The summed E-state index contributed by atoms with van der Waals surface area (Å²) in [6, 6.07) is 8.09. The number of aromatic nitrogens is 3. The minimum Gasteiger partial charge on any atom is -0.508 e. The first-order valence-corrected chi connectivity index (χ1v) is 18.6. The number of hydrogen-bond donors (Lipinski definition) is 2. The van der Waals surface area contributed by atoms with Crippen LogP contribution in [0.4, 0.5) is 14.6 Å². The summed E-state index contributed by atoms with van der Waals surface area (Å²) in [6.45, 7) is 4.19. The number of aliphatic hydroxyl groups is 1. The molecule has 5 heterocycles. The zero-order chi connectivity index (χ0) is 35.6. The third-order valence-corrected chi connectivity index (χ3v) is 12.6. The Hall–Kier alpha value is -3.91. The molecule has 9 rings (SSSR count). The lowest BCUT2D eigenvalue weighted by molar-refractivity contribution is -0.101. The van der Waals surface area contributed by atoms with Crippen LogP contribution in [-0.4, -0.2) is 108 Å². The van der Waals surface area contributed by atoms with Crippen molar-refractivity contribution in [3.8, 4) is 28.9 Å². The second-order valence-electron chi connectivity index (χ2n) is 15.5. The highest BCUT2D eigenvalue weighted by molar-refractivity contribution is 6.02. The number of halogens is 2. The van der Waals surface area contributed by atoms with Crippen molar-refractivity contribution in [3.05, 3.63) is 42.0 Å². The molecule has 0 radical (unpaired) electrons. The molecule has 3 aliphatic heterocycles. The lowest BCUT2D eigenvalue weighted by Crippen LogP contribution is -2.63. The summed E-state index contributed by atoms with van der Waals surface area (Å²) in [4.78, 5) is 18.7. The number of phenols is 1. The van der Waals surface area contributed by atoms with Crippen LogP contribution in [0.15, 0.2) is 30.3 Å². The highest BCUT2D eigenvalue weighted by Gasteiger charge is 2.57. The van der Waals surface area contributed by atoms with Gasteiger partial charge in [0, 0.05) is 53.6 Å². The van der Waals surface area contributed by atoms with Crippen LogP contribution in [0.5, 0.6) is 17.6 Å². The smallest absolute Gasteiger partial charge is 0.319 e. The van der Waals surface area contributed by atoms with Crippen LogP contribution in [0, 0.1) is 22.5 Å². The number of phenolic OH excluding ortho intramolecular Hbond substituents is 1. The summed E-state index contributed by atoms with van der Waals surface area (Å²) in [6.07, 6.45) is 8.13. The molecule has 0 amide bonds. The summed E-state index contributed by atoms with van der Waals surface area (Å²) in [5.41, 5.74) is -0.0951. The maximum Gasteiger partial charge on any atom is 0.319 e. The van der Waals surface area contributed by atoms with E-state index in [1.54, 1.807) is 6.07 Å². The van der Waals surface area contributed by atoms with E-state index in [1.807, 2.05) is 4.90 Å². The number of methoxy groups -OCH3 is 1. The number of ether oxygens (including phenoxy) is 4. The molecule has 2 aromatic heterocycles. The quantitative estimate of drug-likeness (QED) is 0.248. The Bertz CT molecular complexity index is 2010. The van der Waals surface area contributed by atoms with Crippen molar-refractivity contribution in [2.24, 2.45) is 10.8 Å². The molecule has 13 heteroatoms. The van der Waals surface area contributed by atoms with Crippen LogP contribution in [0.3, 0.4) is 0 Å². The van der Waals surface area contributed by atoms with Gasteiger partial charge in [0.2, 0.25) is 5.88 Å². The monoisotopic (exact) mass is 717 g/mol. The van der Waals surface area contributed by atoms with E-state index in [4.69, 9.17) is 28.9 Å². The Balaban J connectivity index is 1.14. The molecule has 5 fully saturated rings. The van der Waals surface area contributed by atoms with E-state index in [-0.39, 0.29) is 69.2 Å². The fraction of sp³-hybridized carbons (Fsp3) is 0.564. The number of benzene rings is 2. The van der Waals surface area contributed by atoms with Crippen LogP contribution in [0.2, 0.25) is 0 Å². The van der Waals surface area contributed by atoms with E-state index < -0.39 is 17.7 Å². The lowest BCUT2D eigenvalue weighted by Gasteiger charge is -2.58. The normalized spacial score (nSPS) is 29.4. The number of aliphatic hydroxyl groups excluding tert-OH is 1. The number of pyridine rings is 1. The number of aromatic hydroxyl groups is 1. The molecule has 2 saturated carbocycles. The number of nitrogens with zero attached hydrogens (tertiary/aromatic N) is 5. The second kappa shape index (κ2) is 13.2. The third-order valence-electron chi connectivity index (χ3n) is 12.6. The Morgan fingerprint density at radius 2 is 1.85 bits per heavy atom. The van der Waals surface area contributed by atoms with Gasteiger partial charge in [0.1, 0.15) is 34.0 Å². The van der Waals surface area contributed by atoms with Crippen molar-refractivity contribution in [3.63, 3.8) is 0 Å². The molecule has 1 spiro atoms. The first-order valence-electron chi connectivity index (χ1n) is 18.6. The number of rotatable bonds is 7. The Labute approximate surface area is 300 Å². The SMILES string of the molecule is COc1nc(-c2cc(O)cc3cccc(F)c23)c(F)c2nc(OCC34CCCC3N(C3CCC35CCOC5)CCC4)nc(N3CCOCC(O)C3)c12. The molecule has 5 aliphatic rings. The molecule has 2 aliphatic carbocycles. The minimum absolute atomic E-state index is 0.00802. The number of anilines is 1. The molecule has 11 nitrogen and oxygen atoms in total. The molecule has 0 bridgehead atoms. The highest BCUT2D eigenvalue weighted by atomic mass is 19.1. The number of fused-ring (bicyclic) bond motifs is 3. The molecule has 276 valence electrons. The maximum absolute atomic E-state index is 17.1. The van der Waals surface area contributed by atoms with Gasteiger partial charge in [-0.2, -0.15) is 9.97 Å². The number of likely N-dealkylation sites (tertiary alicyclic amines) is 1. The van der Waals surface area contributed by atoms with Crippen LogP contribution < -0.4 is 14.4 Å². The Morgan fingerprint density at radius 1 is 0.962 bits per heavy atom. The van der Waals surface area contributed by atoms with Crippen LogP contribution >= 0.6 is 0 Å². The van der Waals surface area contributed by atoms with Gasteiger partial charge in [-0.25, -0.2) is 13.8 Å². The summed E-state index contributed by atoms with van der Waals surface area (Å²) < 4.78 is 56.3. The third kappa shape index (κ3) is 5.54. The zero-order valence-electron chi connectivity index (χ0n) is 29.5. The second-order valence-corrected chi connectivity index (χ2v) is 15.5. The Morgan fingerprint density at radius 3 is 2.65 bits per heavy atom. The van der Waals surface area contributed by atoms with Gasteiger partial charge in [0.15, 0.2) is 5.82 Å². The fourth-order valence-corrected chi connectivity index (χ4v) is 10.1. The molecule has 52 heavy (non-hydrogen) atoms. The minimum atomic E-state index is -0.833. The van der Waals surface area contributed by atoms with Crippen LogP contribution in [0.1, 0.15) is 51.4 Å². The fourth-order valence-electron chi connectivity index (χ4n) is 10.1. The van der Waals surface area contributed by atoms with Crippen LogP contribution in [0.25, 0.3) is 32.9 Å². The van der Waals surface area contributed by atoms with Gasteiger partial charge in [-0.05, 0) is 75.1 Å². The predicted molar refractivity (Wildman–Crippen MR) is 190 cm³/mol. The average molecular weight is 718 g/mol. The summed E-state index contributed by atoms with van der Waals surface area (Å²) in [5, 5.41) is 22.0. The van der Waals surface area contributed by atoms with Crippen molar-refractivity contribution in [2.75, 3.05) is 64.7 Å². The number of piperidine rings is 1. The molecule has 5 unspecified atom stereocenters. The van der Waals surface area contributed by atoms with E-state index in [0.29, 0.717) is 43.0 Å². The molecular weight excluding hydrogens is 672 g/mol. The average Bonchev–Trinajstić information content (AvgIpc) is 3.77. The van der Waals surface area contributed by atoms with Crippen LogP contribution in [-0.2, 0) is 9.47 Å². The molecule has 4 aromatic rings. The summed E-state index contributed by atoms with van der Waals surface area (Å²) in [5.74, 6) is -1.27. The van der Waals surface area contributed by atoms with Gasteiger partial charge in [0.25, 0.3) is 0 Å². The first kappa shape index (κ1) is 33.9. The summed E-state index contributed by atoms with van der Waals surface area (Å²) in [7, 11) is 1.41. The predicted octanol–water partition coefficient (Wildman–Crippen LogP) is 5.62. The summed E-state index contributed by atoms with van der Waals surface area (Å²) >= 11 is 0. The standard InChI is InChI=1S/C39H45F2N5O6/c1-49-36-31-34(32(41)33(42-36)26-18-24(47)17-23-5-2-6-27(40)30(23)26)43-37(44-35(31)45-14-16-50-20-25(48)19-45)52-22-38-9-3-7-28(38)46(13-4-10-38)29-8-11-39(29)12-15-51-21-39/h2,5-6,17-18,25,28-29,47-48H,3-4,7-16,19-22H2,1H3. The van der Waals surface area contributed by atoms with E-state index in [2.05, 4.69) is 9.88 Å². The van der Waals surface area contributed by atoms with Gasteiger partial charge < -0.3 is 34.1 Å². The van der Waals surface area contributed by atoms with E-state index >= 15 is 8.78 Å². The van der Waals surface area contributed by atoms with Crippen molar-refractivity contribution in [1.29, 1.82) is 0 Å². The maximum atomic E-state index is 17.1. The topological polar surface area (TPSA) is 123 Å². The van der Waals surface area contributed by atoms with Gasteiger partial charge >= 0.3 is 6.01 Å². The lowest BCUT2D eigenvalue weighted by atomic mass is 9.61. The largest absolute Gasteiger partial charge is 0.508 e. The van der Waals surface area contributed by atoms with E-state index in [0.717, 1.165) is 58.3 Å². The van der Waals surface area contributed by atoms with Crippen molar-refractivity contribution < 1.29 is 37.9 Å². The van der Waals surface area contributed by atoms with Gasteiger partial charge in [-0.15, -0.1) is 0 Å². The van der Waals surface area contributed by atoms with Gasteiger partial charge in [-0.3, -0.25) is 4.90 Å². The van der Waals surface area contributed by atoms with Gasteiger partial charge in [-0.1, -0.05) is 18.6 Å².